The monoisotopic (exact) mass is 342 g/mol. The van der Waals surface area contributed by atoms with E-state index in [-0.39, 0.29) is 13.0 Å². The lowest BCUT2D eigenvalue weighted by Crippen LogP contribution is -2.16. The van der Waals surface area contributed by atoms with E-state index in [0.717, 1.165) is 21.9 Å². The van der Waals surface area contributed by atoms with Crippen LogP contribution in [0.15, 0.2) is 60.7 Å². The summed E-state index contributed by atoms with van der Waals surface area (Å²) in [5.41, 5.74) is 1.85. The molecule has 3 nitrogen and oxygen atoms in total. The van der Waals surface area contributed by atoms with Crippen LogP contribution in [-0.4, -0.2) is 22.9 Å². The summed E-state index contributed by atoms with van der Waals surface area (Å²) in [4.78, 5) is 0. The fourth-order valence-corrected chi connectivity index (χ4v) is 3.03. The molecule has 0 aliphatic rings. The summed E-state index contributed by atoms with van der Waals surface area (Å²) in [5, 5.41) is 21.4. The molecule has 0 bridgehead atoms. The van der Waals surface area contributed by atoms with E-state index in [9.17, 15) is 5.11 Å². The van der Waals surface area contributed by atoms with Gasteiger partial charge in [-0.2, -0.15) is 0 Å². The number of fused-ring (bicyclic) bond motifs is 1. The van der Waals surface area contributed by atoms with Crippen LogP contribution in [0.1, 0.15) is 11.1 Å². The first kappa shape index (κ1) is 16.8. The molecule has 3 aromatic carbocycles. The van der Waals surface area contributed by atoms with Crippen molar-refractivity contribution in [1.29, 1.82) is 0 Å². The van der Waals surface area contributed by atoms with Gasteiger partial charge in [-0.25, -0.2) is 0 Å². The normalized spacial score (nSPS) is 12.3. The van der Waals surface area contributed by atoms with Crippen LogP contribution in [0.4, 0.5) is 0 Å². The van der Waals surface area contributed by atoms with Crippen molar-refractivity contribution >= 4 is 22.4 Å². The van der Waals surface area contributed by atoms with Gasteiger partial charge in [-0.1, -0.05) is 66.2 Å². The quantitative estimate of drug-likeness (QED) is 0.712. The molecule has 0 radical (unpaired) electrons. The number of aliphatic hydroxyl groups is 2. The van der Waals surface area contributed by atoms with Gasteiger partial charge in [-0.15, -0.1) is 0 Å². The van der Waals surface area contributed by atoms with Crippen LogP contribution >= 0.6 is 11.6 Å². The van der Waals surface area contributed by atoms with Gasteiger partial charge in [0.15, 0.2) is 0 Å². The molecule has 0 heterocycles. The zero-order chi connectivity index (χ0) is 16.9. The SMILES string of the molecule is OCC(O)Cc1cc(Cl)c2ccccc2c1OCc1ccccc1. The molecule has 24 heavy (non-hydrogen) atoms. The summed E-state index contributed by atoms with van der Waals surface area (Å²) in [7, 11) is 0. The van der Waals surface area contributed by atoms with Crippen molar-refractivity contribution in [3.8, 4) is 5.75 Å². The third-order valence-electron chi connectivity index (χ3n) is 3.91. The Morgan fingerprint density at radius 2 is 1.62 bits per heavy atom. The highest BCUT2D eigenvalue weighted by atomic mass is 35.5. The van der Waals surface area contributed by atoms with E-state index < -0.39 is 6.10 Å². The first-order chi connectivity index (χ1) is 11.7. The van der Waals surface area contributed by atoms with E-state index in [4.69, 9.17) is 21.4 Å². The summed E-state index contributed by atoms with van der Waals surface area (Å²) >= 11 is 6.38. The van der Waals surface area contributed by atoms with Crippen molar-refractivity contribution in [2.24, 2.45) is 0 Å². The molecular formula is C20H19ClO3. The number of hydrogen-bond donors (Lipinski definition) is 2. The molecule has 0 fully saturated rings. The highest BCUT2D eigenvalue weighted by molar-refractivity contribution is 6.35. The Morgan fingerprint density at radius 1 is 0.958 bits per heavy atom. The minimum atomic E-state index is -0.846. The van der Waals surface area contributed by atoms with Crippen molar-refractivity contribution < 1.29 is 14.9 Å². The maximum absolute atomic E-state index is 9.84. The smallest absolute Gasteiger partial charge is 0.131 e. The third kappa shape index (κ3) is 3.70. The maximum atomic E-state index is 9.84. The molecule has 0 saturated heterocycles. The lowest BCUT2D eigenvalue weighted by molar-refractivity contribution is 0.0948. The molecule has 0 amide bonds. The van der Waals surface area contributed by atoms with Crippen LogP contribution in [0.5, 0.6) is 5.75 Å². The van der Waals surface area contributed by atoms with Gasteiger partial charge < -0.3 is 14.9 Å². The maximum Gasteiger partial charge on any atom is 0.131 e. The topological polar surface area (TPSA) is 49.7 Å². The van der Waals surface area contributed by atoms with E-state index in [1.54, 1.807) is 0 Å². The van der Waals surface area contributed by atoms with Crippen LogP contribution in [0.3, 0.4) is 0 Å². The molecule has 124 valence electrons. The van der Waals surface area contributed by atoms with Gasteiger partial charge in [0, 0.05) is 22.2 Å². The van der Waals surface area contributed by atoms with E-state index in [1.165, 1.54) is 0 Å². The summed E-state index contributed by atoms with van der Waals surface area (Å²) in [6, 6.07) is 19.5. The van der Waals surface area contributed by atoms with E-state index >= 15 is 0 Å². The van der Waals surface area contributed by atoms with Gasteiger partial charge in [0.25, 0.3) is 0 Å². The van der Waals surface area contributed by atoms with E-state index in [2.05, 4.69) is 0 Å². The largest absolute Gasteiger partial charge is 0.488 e. The molecule has 3 rings (SSSR count). The summed E-state index contributed by atoms with van der Waals surface area (Å²) < 4.78 is 6.09. The first-order valence-electron chi connectivity index (χ1n) is 7.85. The molecule has 1 atom stereocenters. The second-order valence-electron chi connectivity index (χ2n) is 5.71. The highest BCUT2D eigenvalue weighted by Crippen LogP contribution is 2.36. The molecule has 3 aromatic rings. The van der Waals surface area contributed by atoms with Gasteiger partial charge in [0.2, 0.25) is 0 Å². The Bertz CT molecular complexity index is 818. The van der Waals surface area contributed by atoms with Crippen LogP contribution in [-0.2, 0) is 13.0 Å². The van der Waals surface area contributed by atoms with Gasteiger partial charge >= 0.3 is 0 Å². The number of hydrogen-bond acceptors (Lipinski definition) is 3. The predicted octanol–water partition coefficient (Wildman–Crippen LogP) is 3.97. The standard InChI is InChI=1S/C20H19ClO3/c21-19-11-15(10-16(23)12-22)20(18-9-5-4-8-17(18)19)24-13-14-6-2-1-3-7-14/h1-9,11,16,22-23H,10,12-13H2. The van der Waals surface area contributed by atoms with Gasteiger partial charge in [-0.3, -0.25) is 0 Å². The lowest BCUT2D eigenvalue weighted by atomic mass is 10.0. The third-order valence-corrected chi connectivity index (χ3v) is 4.23. The van der Waals surface area contributed by atoms with Gasteiger partial charge in [0.1, 0.15) is 12.4 Å². The van der Waals surface area contributed by atoms with Gasteiger partial charge in [-0.05, 0) is 17.2 Å². The Labute approximate surface area is 146 Å². The lowest BCUT2D eigenvalue weighted by Gasteiger charge is -2.17. The zero-order valence-electron chi connectivity index (χ0n) is 13.2. The van der Waals surface area contributed by atoms with Crippen LogP contribution in [0.25, 0.3) is 10.8 Å². The number of halogens is 1. The molecule has 0 spiro atoms. The number of ether oxygens (including phenoxy) is 1. The molecule has 0 aliphatic carbocycles. The Morgan fingerprint density at radius 3 is 2.33 bits per heavy atom. The molecule has 2 N–H and O–H groups in total. The van der Waals surface area contributed by atoms with Gasteiger partial charge in [0.05, 0.1) is 12.7 Å². The Hall–Kier alpha value is -2.07. The van der Waals surface area contributed by atoms with Crippen LogP contribution < -0.4 is 4.74 Å². The summed E-state index contributed by atoms with van der Waals surface area (Å²) in [5.74, 6) is 0.700. The van der Waals surface area contributed by atoms with Crippen molar-refractivity contribution in [2.45, 2.75) is 19.1 Å². The number of benzene rings is 3. The molecule has 0 saturated carbocycles. The average Bonchev–Trinajstić information content (AvgIpc) is 2.62. The minimum Gasteiger partial charge on any atom is -0.488 e. The second kappa shape index (κ2) is 7.67. The zero-order valence-corrected chi connectivity index (χ0v) is 13.9. The molecule has 0 aliphatic heterocycles. The molecular weight excluding hydrogens is 324 g/mol. The van der Waals surface area contributed by atoms with E-state index in [1.807, 2.05) is 60.7 Å². The van der Waals surface area contributed by atoms with Crippen molar-refractivity contribution in [2.75, 3.05) is 6.61 Å². The predicted molar refractivity (Wildman–Crippen MR) is 96.5 cm³/mol. The molecule has 1 unspecified atom stereocenters. The molecule has 4 heteroatoms. The van der Waals surface area contributed by atoms with Crippen LogP contribution in [0.2, 0.25) is 5.02 Å². The summed E-state index contributed by atoms with van der Waals surface area (Å²) in [6.45, 7) is 0.122. The minimum absolute atomic E-state index is 0.283. The fraction of sp³-hybridized carbons (Fsp3) is 0.200. The first-order valence-corrected chi connectivity index (χ1v) is 8.22. The second-order valence-corrected chi connectivity index (χ2v) is 6.11. The molecule has 0 aromatic heterocycles. The Balaban J connectivity index is 2.01. The summed E-state index contributed by atoms with van der Waals surface area (Å²) in [6.07, 6.45) is -0.563. The Kier molecular flexibility index (Phi) is 5.36. The van der Waals surface area contributed by atoms with Crippen LogP contribution in [0, 0.1) is 0 Å². The number of rotatable bonds is 6. The number of aliphatic hydroxyl groups excluding tert-OH is 2. The van der Waals surface area contributed by atoms with E-state index in [0.29, 0.717) is 17.4 Å². The van der Waals surface area contributed by atoms with Crippen molar-refractivity contribution in [3.05, 3.63) is 76.8 Å². The van der Waals surface area contributed by atoms with Crippen molar-refractivity contribution in [3.63, 3.8) is 0 Å². The van der Waals surface area contributed by atoms with Crippen molar-refractivity contribution in [1.82, 2.24) is 0 Å². The fourth-order valence-electron chi connectivity index (χ4n) is 2.73. The highest BCUT2D eigenvalue weighted by Gasteiger charge is 2.15. The average molecular weight is 343 g/mol.